The molecule has 2 aromatic carbocycles. The van der Waals surface area contributed by atoms with Gasteiger partial charge >= 0.3 is 5.97 Å². The average molecular weight is 371 g/mol. The zero-order chi connectivity index (χ0) is 19.6. The summed E-state index contributed by atoms with van der Waals surface area (Å²) in [5, 5.41) is 2.73. The van der Waals surface area contributed by atoms with Gasteiger partial charge in [0.1, 0.15) is 11.6 Å². The molecule has 0 fully saturated rings. The van der Waals surface area contributed by atoms with Crippen molar-refractivity contribution in [1.82, 2.24) is 0 Å². The Morgan fingerprint density at radius 3 is 2.59 bits per heavy atom. The first-order valence-electron chi connectivity index (χ1n) is 8.42. The minimum Gasteiger partial charge on any atom is -0.479 e. The molecule has 1 amide bonds. The Balaban J connectivity index is 1.56. The van der Waals surface area contributed by atoms with Crippen LogP contribution in [0.2, 0.25) is 0 Å². The van der Waals surface area contributed by atoms with Gasteiger partial charge in [-0.1, -0.05) is 0 Å². The number of rotatable bonds is 6. The normalized spacial score (nSPS) is 16.3. The minimum absolute atomic E-state index is 0.118. The monoisotopic (exact) mass is 371 g/mol. The predicted molar refractivity (Wildman–Crippen MR) is 95.3 cm³/mol. The standard InChI is InChI=1S/C20H18FNO5/c1-11-16-9-13(3-8-17(16)22-19(11)24)18(23)10-26-20(25)12(2)27-15-6-4-14(21)5-7-15/h3-9,11-12H,10H2,1-2H3,(H,22,24)/t11-,12-/m0/s1. The molecule has 2 aromatic rings. The van der Waals surface area contributed by atoms with Crippen LogP contribution in [0, 0.1) is 5.82 Å². The fourth-order valence-corrected chi connectivity index (χ4v) is 2.69. The van der Waals surface area contributed by atoms with E-state index in [2.05, 4.69) is 5.32 Å². The first kappa shape index (κ1) is 18.6. The molecule has 0 radical (unpaired) electrons. The van der Waals surface area contributed by atoms with Crippen molar-refractivity contribution in [2.24, 2.45) is 0 Å². The number of nitrogens with one attached hydrogen (secondary N) is 1. The van der Waals surface area contributed by atoms with Crippen LogP contribution in [0.1, 0.15) is 35.7 Å². The Bertz CT molecular complexity index is 894. The Hall–Kier alpha value is -3.22. The van der Waals surface area contributed by atoms with Gasteiger partial charge < -0.3 is 14.8 Å². The largest absolute Gasteiger partial charge is 0.479 e. The van der Waals surface area contributed by atoms with Crippen molar-refractivity contribution in [3.63, 3.8) is 0 Å². The number of Topliss-reactive ketones (excluding diaryl/α,β-unsaturated/α-hetero) is 1. The average Bonchev–Trinajstić information content (AvgIpc) is 2.94. The maximum Gasteiger partial charge on any atom is 0.347 e. The van der Waals surface area contributed by atoms with Crippen LogP contribution in [-0.4, -0.2) is 30.4 Å². The molecule has 1 N–H and O–H groups in total. The Kier molecular flexibility index (Phi) is 5.21. The predicted octanol–water partition coefficient (Wildman–Crippen LogP) is 3.07. The number of ether oxygens (including phenoxy) is 2. The molecule has 1 aliphatic rings. The van der Waals surface area contributed by atoms with Crippen molar-refractivity contribution >= 4 is 23.3 Å². The molecule has 1 heterocycles. The van der Waals surface area contributed by atoms with Gasteiger partial charge in [0, 0.05) is 11.3 Å². The highest BCUT2D eigenvalue weighted by Crippen LogP contribution is 2.32. The Morgan fingerprint density at radius 2 is 1.89 bits per heavy atom. The summed E-state index contributed by atoms with van der Waals surface area (Å²) in [5.74, 6) is -1.64. The molecular formula is C20H18FNO5. The number of benzene rings is 2. The van der Waals surface area contributed by atoms with Crippen LogP contribution in [-0.2, 0) is 14.3 Å². The van der Waals surface area contributed by atoms with Crippen molar-refractivity contribution in [2.45, 2.75) is 25.9 Å². The van der Waals surface area contributed by atoms with Crippen molar-refractivity contribution in [1.29, 1.82) is 0 Å². The zero-order valence-electron chi connectivity index (χ0n) is 14.8. The molecule has 0 saturated carbocycles. The Labute approximate surface area is 155 Å². The van der Waals surface area contributed by atoms with Crippen LogP contribution in [0.15, 0.2) is 42.5 Å². The highest BCUT2D eigenvalue weighted by molar-refractivity contribution is 6.05. The first-order valence-corrected chi connectivity index (χ1v) is 8.42. The van der Waals surface area contributed by atoms with Gasteiger partial charge in [-0.25, -0.2) is 9.18 Å². The van der Waals surface area contributed by atoms with E-state index in [1.54, 1.807) is 25.1 Å². The number of hydrogen-bond donors (Lipinski definition) is 1. The number of anilines is 1. The van der Waals surface area contributed by atoms with E-state index in [4.69, 9.17) is 9.47 Å². The highest BCUT2D eigenvalue weighted by atomic mass is 19.1. The SMILES string of the molecule is C[C@H](Oc1ccc(F)cc1)C(=O)OCC(=O)c1ccc2c(c1)[C@H](C)C(=O)N2. The highest BCUT2D eigenvalue weighted by Gasteiger charge is 2.27. The van der Waals surface area contributed by atoms with Gasteiger partial charge in [-0.2, -0.15) is 0 Å². The third-order valence-corrected chi connectivity index (χ3v) is 4.30. The van der Waals surface area contributed by atoms with Crippen LogP contribution in [0.4, 0.5) is 10.1 Å². The number of hydrogen-bond acceptors (Lipinski definition) is 5. The van der Waals surface area contributed by atoms with Gasteiger partial charge in [-0.15, -0.1) is 0 Å². The van der Waals surface area contributed by atoms with Crippen LogP contribution in [0.25, 0.3) is 0 Å². The van der Waals surface area contributed by atoms with Gasteiger partial charge in [-0.3, -0.25) is 9.59 Å². The van der Waals surface area contributed by atoms with Gasteiger partial charge in [0.15, 0.2) is 18.5 Å². The molecule has 6 nitrogen and oxygen atoms in total. The lowest BCUT2D eigenvalue weighted by atomic mass is 9.99. The molecular weight excluding hydrogens is 353 g/mol. The molecule has 0 unspecified atom stereocenters. The van der Waals surface area contributed by atoms with E-state index in [0.29, 0.717) is 17.0 Å². The van der Waals surface area contributed by atoms with Crippen LogP contribution in [0.3, 0.4) is 0 Å². The van der Waals surface area contributed by atoms with Gasteiger partial charge in [-0.05, 0) is 61.9 Å². The maximum atomic E-state index is 12.9. The van der Waals surface area contributed by atoms with E-state index in [0.717, 1.165) is 5.56 Å². The fourth-order valence-electron chi connectivity index (χ4n) is 2.69. The van der Waals surface area contributed by atoms with E-state index in [1.165, 1.54) is 31.2 Å². The topological polar surface area (TPSA) is 81.7 Å². The lowest BCUT2D eigenvalue weighted by Gasteiger charge is -2.14. The van der Waals surface area contributed by atoms with E-state index in [-0.39, 0.29) is 17.6 Å². The third kappa shape index (κ3) is 4.13. The number of ketones is 1. The number of carbonyl (C=O) groups excluding carboxylic acids is 3. The summed E-state index contributed by atoms with van der Waals surface area (Å²) in [6, 6.07) is 10.1. The van der Waals surface area contributed by atoms with Crippen molar-refractivity contribution < 1.29 is 28.2 Å². The molecule has 1 aliphatic heterocycles. The molecule has 7 heteroatoms. The van der Waals surface area contributed by atoms with Gasteiger partial charge in [0.05, 0.1) is 5.92 Å². The smallest absolute Gasteiger partial charge is 0.347 e. The molecule has 0 aliphatic carbocycles. The summed E-state index contributed by atoms with van der Waals surface area (Å²) >= 11 is 0. The number of carbonyl (C=O) groups is 3. The lowest BCUT2D eigenvalue weighted by Crippen LogP contribution is -2.28. The van der Waals surface area contributed by atoms with Crippen LogP contribution in [0.5, 0.6) is 5.75 Å². The van der Waals surface area contributed by atoms with Crippen molar-refractivity contribution in [3.8, 4) is 5.75 Å². The molecule has 0 spiro atoms. The summed E-state index contributed by atoms with van der Waals surface area (Å²) in [5.41, 5.74) is 1.78. The summed E-state index contributed by atoms with van der Waals surface area (Å²) < 4.78 is 23.2. The summed E-state index contributed by atoms with van der Waals surface area (Å²) in [6.45, 7) is 2.79. The second-order valence-corrected chi connectivity index (χ2v) is 6.26. The molecule has 2 atom stereocenters. The third-order valence-electron chi connectivity index (χ3n) is 4.30. The second-order valence-electron chi connectivity index (χ2n) is 6.26. The van der Waals surface area contributed by atoms with Crippen molar-refractivity contribution in [3.05, 3.63) is 59.4 Å². The Morgan fingerprint density at radius 1 is 1.19 bits per heavy atom. The van der Waals surface area contributed by atoms with Gasteiger partial charge in [0.2, 0.25) is 5.91 Å². The summed E-state index contributed by atoms with van der Waals surface area (Å²) in [6.07, 6.45) is -0.954. The fraction of sp³-hybridized carbons (Fsp3) is 0.250. The molecule has 0 aromatic heterocycles. The number of amides is 1. The number of halogens is 1. The molecule has 140 valence electrons. The summed E-state index contributed by atoms with van der Waals surface area (Å²) in [4.78, 5) is 36.0. The van der Waals surface area contributed by atoms with E-state index in [1.807, 2.05) is 0 Å². The van der Waals surface area contributed by atoms with E-state index < -0.39 is 24.5 Å². The number of esters is 1. The van der Waals surface area contributed by atoms with Crippen LogP contribution < -0.4 is 10.1 Å². The first-order chi connectivity index (χ1) is 12.8. The van der Waals surface area contributed by atoms with Crippen molar-refractivity contribution in [2.75, 3.05) is 11.9 Å². The van der Waals surface area contributed by atoms with Crippen LogP contribution >= 0.6 is 0 Å². The molecule has 3 rings (SSSR count). The molecule has 0 saturated heterocycles. The maximum absolute atomic E-state index is 12.9. The number of fused-ring (bicyclic) bond motifs is 1. The molecule has 0 bridgehead atoms. The molecule has 27 heavy (non-hydrogen) atoms. The summed E-state index contributed by atoms with van der Waals surface area (Å²) in [7, 11) is 0. The van der Waals surface area contributed by atoms with Gasteiger partial charge in [0.25, 0.3) is 0 Å². The minimum atomic E-state index is -0.954. The second kappa shape index (κ2) is 7.57. The van der Waals surface area contributed by atoms with E-state index in [9.17, 15) is 18.8 Å². The quantitative estimate of drug-likeness (QED) is 0.623. The lowest BCUT2D eigenvalue weighted by molar-refractivity contribution is -0.149. The van der Waals surface area contributed by atoms with E-state index >= 15 is 0 Å². The zero-order valence-corrected chi connectivity index (χ0v) is 14.8.